The van der Waals surface area contributed by atoms with Gasteiger partial charge in [-0.15, -0.1) is 4.57 Å². The molecule has 12 nitrogen and oxygen atoms in total. The van der Waals surface area contributed by atoms with Crippen LogP contribution in [0.25, 0.3) is 27.8 Å². The van der Waals surface area contributed by atoms with Crippen LogP contribution >= 0.6 is 0 Å². The Labute approximate surface area is 507 Å². The van der Waals surface area contributed by atoms with Crippen LogP contribution in [0.4, 0.5) is 56.9 Å². The van der Waals surface area contributed by atoms with E-state index in [9.17, 15) is 0 Å². The SMILES string of the molecule is CC1=CC2=Nc3cc(C)c(NCCCCCCNc4cc5c(cc4C)nc4cc(C)c(NCCCCCCNC6=CC7C(=Nc8cc(C)c(N)cc8[NH+]7c7ccccc7)C=C6C)cc4[n+]5-c4ccccc4)cc3N(c3ccccc3)C2C=C1N.[Cl-]. The summed E-state index contributed by atoms with van der Waals surface area (Å²) < 4.78 is 2.39. The molecule has 0 fully saturated rings. The summed E-state index contributed by atoms with van der Waals surface area (Å²) in [7, 11) is 0. The van der Waals surface area contributed by atoms with Crippen molar-refractivity contribution >= 4 is 90.4 Å². The van der Waals surface area contributed by atoms with Crippen LogP contribution in [-0.2, 0) is 0 Å². The van der Waals surface area contributed by atoms with Crippen molar-refractivity contribution < 1.29 is 21.9 Å². The number of hydrogen-bond donors (Lipinski definition) is 7. The molecule has 3 atom stereocenters. The van der Waals surface area contributed by atoms with Gasteiger partial charge in [0.1, 0.15) is 28.1 Å². The zero-order valence-corrected chi connectivity index (χ0v) is 50.8. The standard InChI is InChI=1S/C72H78N12.ClH/c1-46-34-61-67(40-55(46)73)82(52-24-14-11-15-25-52)69-42-57(48(3)36-63(69)79-61)75-30-20-7-9-22-32-77-59-44-71-65(38-50(59)5)81-66-39-51(6)60(45-72(66)84(71)54-28-18-13-19-29-54)78-33-23-10-8-21-31-76-58-43-70-64(37-49(58)4)80-62-35-47(2)56(74)41-68(62)83(70)53-26-16-12-17-27-53;/h11-19,24-29,34-45,67,70,75-76H,7-10,20-23,30-33,73-74H2,1-6H3,(H,77,78);1H/p+1. The first-order valence-corrected chi connectivity index (χ1v) is 30.3. The maximum Gasteiger partial charge on any atom is 0.239 e. The Kier molecular flexibility index (Phi) is 17.5. The van der Waals surface area contributed by atoms with Gasteiger partial charge in [-0.25, -0.2) is 15.0 Å². The third kappa shape index (κ3) is 12.3. The van der Waals surface area contributed by atoms with E-state index in [0.29, 0.717) is 0 Å². The number of fused-ring (bicyclic) bond motifs is 6. The van der Waals surface area contributed by atoms with Crippen molar-refractivity contribution in [2.45, 2.75) is 105 Å². The Hall–Kier alpha value is -8.71. The van der Waals surface area contributed by atoms with Gasteiger partial charge in [0.25, 0.3) is 0 Å². The van der Waals surface area contributed by atoms with Crippen molar-refractivity contribution in [2.75, 3.05) is 52.8 Å². The summed E-state index contributed by atoms with van der Waals surface area (Å²) in [5.41, 5.74) is 40.0. The Morgan fingerprint density at radius 2 is 1.04 bits per heavy atom. The molecule has 8 aromatic rings. The number of nitrogens with one attached hydrogen (secondary N) is 5. The van der Waals surface area contributed by atoms with Gasteiger partial charge in [0.15, 0.2) is 11.7 Å². The number of rotatable bonds is 21. The van der Waals surface area contributed by atoms with Crippen LogP contribution in [0.1, 0.15) is 87.5 Å². The first-order chi connectivity index (χ1) is 40.9. The number of hydrogen-bond acceptors (Lipinski definition) is 10. The second-order valence-corrected chi connectivity index (χ2v) is 23.3. The van der Waals surface area contributed by atoms with Crippen molar-refractivity contribution in [2.24, 2.45) is 15.7 Å². The number of nitrogens with zero attached hydrogens (tertiary/aromatic N) is 5. The van der Waals surface area contributed by atoms with E-state index >= 15 is 0 Å². The Morgan fingerprint density at radius 3 is 1.65 bits per heavy atom. The normalized spacial score (nSPS) is 16.7. The lowest BCUT2D eigenvalue weighted by atomic mass is 9.93. The Morgan fingerprint density at radius 1 is 0.518 bits per heavy atom. The summed E-state index contributed by atoms with van der Waals surface area (Å²) in [6.07, 6.45) is 17.9. The number of aliphatic imine (C=N–C) groups is 2. The zero-order valence-electron chi connectivity index (χ0n) is 50.0. The van der Waals surface area contributed by atoms with Crippen LogP contribution in [0.15, 0.2) is 196 Å². The number of allylic oxidation sites excluding steroid dienone is 2. The highest BCUT2D eigenvalue weighted by Gasteiger charge is 2.38. The average Bonchev–Trinajstić information content (AvgIpc) is 1.15. The van der Waals surface area contributed by atoms with Gasteiger partial charge in [-0.05, 0) is 173 Å². The number of quaternary nitrogens is 1. The number of halogens is 1. The molecule has 0 amide bonds. The quantitative estimate of drug-likeness (QED) is 0.0163. The first kappa shape index (κ1) is 58.1. The third-order valence-electron chi connectivity index (χ3n) is 17.2. The van der Waals surface area contributed by atoms with Crippen LogP contribution in [0.2, 0.25) is 0 Å². The Bertz CT molecular complexity index is 3980. The predicted octanol–water partition coefficient (Wildman–Crippen LogP) is 11.4. The molecule has 2 aliphatic heterocycles. The molecule has 13 heteroatoms. The number of unbranched alkanes of at least 4 members (excludes halogenated alkanes) is 6. The van der Waals surface area contributed by atoms with Gasteiger partial charge in [-0.1, -0.05) is 80.3 Å². The number of para-hydroxylation sites is 3. The number of anilines is 6. The molecule has 0 saturated carbocycles. The molecule has 12 rings (SSSR count). The summed E-state index contributed by atoms with van der Waals surface area (Å²) in [6.45, 7) is 16.5. The maximum atomic E-state index is 6.48. The van der Waals surface area contributed by atoms with E-state index in [1.165, 1.54) is 38.5 Å². The monoisotopic (exact) mass is 1150 g/mol. The van der Waals surface area contributed by atoms with Crippen molar-refractivity contribution in [3.8, 4) is 5.69 Å². The van der Waals surface area contributed by atoms with Gasteiger partial charge in [-0.3, -0.25) is 4.90 Å². The van der Waals surface area contributed by atoms with E-state index in [4.69, 9.17) is 26.4 Å². The lowest BCUT2D eigenvalue weighted by Crippen LogP contribution is -3.08. The smallest absolute Gasteiger partial charge is 0.239 e. The van der Waals surface area contributed by atoms with E-state index in [1.807, 2.05) is 0 Å². The van der Waals surface area contributed by atoms with Gasteiger partial charge in [-0.2, -0.15) is 0 Å². The second-order valence-electron chi connectivity index (χ2n) is 23.3. The van der Waals surface area contributed by atoms with E-state index < -0.39 is 0 Å². The maximum absolute atomic E-state index is 6.48. The van der Waals surface area contributed by atoms with E-state index in [0.717, 1.165) is 185 Å². The summed E-state index contributed by atoms with van der Waals surface area (Å²) >= 11 is 0. The number of nitrogen functional groups attached to an aromatic ring is 1. The van der Waals surface area contributed by atoms with Gasteiger partial charge < -0.3 is 50.0 Å². The van der Waals surface area contributed by atoms with E-state index in [2.05, 4.69) is 236 Å². The highest BCUT2D eigenvalue weighted by atomic mass is 35.5. The van der Waals surface area contributed by atoms with Crippen LogP contribution in [-0.4, -0.2) is 54.7 Å². The summed E-state index contributed by atoms with van der Waals surface area (Å²) in [5, 5.41) is 15.2. The summed E-state index contributed by atoms with van der Waals surface area (Å²) in [5.74, 6) is 0. The molecule has 0 spiro atoms. The minimum Gasteiger partial charge on any atom is -1.00 e. The lowest BCUT2D eigenvalue weighted by Gasteiger charge is -2.38. The molecule has 3 unspecified atom stereocenters. The molecule has 2 aliphatic carbocycles. The van der Waals surface area contributed by atoms with Gasteiger partial charge in [0.05, 0.1) is 23.1 Å². The number of benzene rings is 7. The highest BCUT2D eigenvalue weighted by molar-refractivity contribution is 6.11. The lowest BCUT2D eigenvalue weighted by molar-refractivity contribution is -0.770. The molecule has 0 saturated heterocycles. The molecule has 7 aromatic carbocycles. The molecule has 1 aromatic heterocycles. The average molecular weight is 1150 g/mol. The minimum absolute atomic E-state index is 0. The Balaban J connectivity index is 0.00000752. The first-order valence-electron chi connectivity index (χ1n) is 30.3. The fraction of sp³-hybridized carbons (Fsp3) is 0.278. The molecular formula is C72H80ClN12+. The van der Waals surface area contributed by atoms with Crippen LogP contribution in [0, 0.1) is 27.7 Å². The van der Waals surface area contributed by atoms with Crippen LogP contribution < -0.4 is 59.5 Å². The third-order valence-corrected chi connectivity index (χ3v) is 17.2. The fourth-order valence-corrected chi connectivity index (χ4v) is 12.5. The van der Waals surface area contributed by atoms with Gasteiger partial charge in [0, 0.05) is 102 Å². The molecule has 9 N–H and O–H groups in total. The van der Waals surface area contributed by atoms with E-state index in [-0.39, 0.29) is 24.5 Å². The van der Waals surface area contributed by atoms with Gasteiger partial charge in [0.2, 0.25) is 16.7 Å². The van der Waals surface area contributed by atoms with Crippen molar-refractivity contribution in [3.63, 3.8) is 0 Å². The summed E-state index contributed by atoms with van der Waals surface area (Å²) in [4.78, 5) is 19.2. The molecular weight excluding hydrogens is 1070 g/mol. The molecule has 3 heterocycles. The molecule has 0 bridgehead atoms. The second kappa shape index (κ2) is 25.6. The number of aryl methyl sites for hydroxylation is 4. The van der Waals surface area contributed by atoms with Crippen molar-refractivity contribution in [3.05, 3.63) is 209 Å². The van der Waals surface area contributed by atoms with Crippen LogP contribution in [0.5, 0.6) is 0 Å². The minimum atomic E-state index is -0.0580. The van der Waals surface area contributed by atoms with Gasteiger partial charge >= 0.3 is 0 Å². The number of aromatic nitrogens is 2. The predicted molar refractivity (Wildman–Crippen MR) is 352 cm³/mol. The zero-order chi connectivity index (χ0) is 57.8. The van der Waals surface area contributed by atoms with Crippen LogP contribution in [0.3, 0.4) is 0 Å². The molecule has 85 heavy (non-hydrogen) atoms. The van der Waals surface area contributed by atoms with Crippen molar-refractivity contribution in [1.29, 1.82) is 0 Å². The number of nitrogens with two attached hydrogens (primary N) is 2. The molecule has 434 valence electrons. The molecule has 4 aliphatic rings. The summed E-state index contributed by atoms with van der Waals surface area (Å²) in [6, 6.07) is 49.8. The fourth-order valence-electron chi connectivity index (χ4n) is 12.5. The van der Waals surface area contributed by atoms with E-state index in [1.54, 1.807) is 0 Å². The van der Waals surface area contributed by atoms with Crippen molar-refractivity contribution in [1.82, 2.24) is 10.3 Å². The molecule has 0 radical (unpaired) electrons. The topological polar surface area (TPSA) is 149 Å². The largest absolute Gasteiger partial charge is 1.00 e. The highest BCUT2D eigenvalue weighted by Crippen LogP contribution is 2.44.